The molecule has 1 aliphatic carbocycles. The van der Waals surface area contributed by atoms with E-state index in [4.69, 9.17) is 0 Å². The Morgan fingerprint density at radius 1 is 1.47 bits per heavy atom. The lowest BCUT2D eigenvalue weighted by Gasteiger charge is -2.33. The third-order valence-corrected chi connectivity index (χ3v) is 4.78. The van der Waals surface area contributed by atoms with Gasteiger partial charge in [0.1, 0.15) is 0 Å². The molecule has 1 aromatic rings. The zero-order valence-electron chi connectivity index (χ0n) is 12.2. The summed E-state index contributed by atoms with van der Waals surface area (Å²) in [6.45, 7) is 7.24. The Balaban J connectivity index is 2.06. The summed E-state index contributed by atoms with van der Waals surface area (Å²) in [6, 6.07) is 0. The van der Waals surface area contributed by atoms with Crippen LogP contribution < -0.4 is 10.6 Å². The van der Waals surface area contributed by atoms with E-state index >= 15 is 0 Å². The maximum Gasteiger partial charge on any atom is 0.240 e. The average Bonchev–Trinajstić information content (AvgIpc) is 2.68. The molecular formula is C14H23N3OS. The van der Waals surface area contributed by atoms with Crippen LogP contribution in [0.1, 0.15) is 37.8 Å². The molecule has 1 atom stereocenters. The van der Waals surface area contributed by atoms with Gasteiger partial charge in [-0.1, -0.05) is 20.8 Å². The molecular weight excluding hydrogens is 258 g/mol. The molecule has 0 aliphatic heterocycles. The first-order valence-corrected chi connectivity index (χ1v) is 7.65. The van der Waals surface area contributed by atoms with Crippen LogP contribution in [0.2, 0.25) is 0 Å². The molecule has 2 N–H and O–H groups in total. The van der Waals surface area contributed by atoms with Gasteiger partial charge in [-0.05, 0) is 37.6 Å². The number of amides is 1. The Morgan fingerprint density at radius 3 is 2.84 bits per heavy atom. The Kier molecular flexibility index (Phi) is 4.26. The van der Waals surface area contributed by atoms with E-state index in [-0.39, 0.29) is 5.91 Å². The molecule has 4 nitrogen and oxygen atoms in total. The molecule has 0 aromatic carbocycles. The van der Waals surface area contributed by atoms with Crippen molar-refractivity contribution in [3.63, 3.8) is 0 Å². The number of anilines is 1. The molecule has 0 radical (unpaired) electrons. The number of nitrogens with zero attached hydrogens (tertiary/aromatic N) is 1. The van der Waals surface area contributed by atoms with Crippen LogP contribution in [0.5, 0.6) is 0 Å². The molecule has 1 aliphatic rings. The largest absolute Gasteiger partial charge is 0.311 e. The number of nitrogens with one attached hydrogen (secondary N) is 2. The summed E-state index contributed by atoms with van der Waals surface area (Å²) in [6.07, 6.45) is 3.33. The number of aromatic nitrogens is 1. The number of thiazole rings is 1. The standard InChI is InChI=1S/C14H23N3OS/c1-14(2,3)9-5-6-10-11(7-9)19-13(16-10)17-12(18)8-15-4/h9,15H,5-8H2,1-4H3,(H,16,17,18). The van der Waals surface area contributed by atoms with E-state index in [1.54, 1.807) is 18.4 Å². The SMILES string of the molecule is CNCC(=O)Nc1nc2c(s1)CC(C(C)(C)C)CC2. The van der Waals surface area contributed by atoms with Gasteiger partial charge >= 0.3 is 0 Å². The van der Waals surface area contributed by atoms with Gasteiger partial charge in [0.2, 0.25) is 5.91 Å². The van der Waals surface area contributed by atoms with Gasteiger partial charge in [-0.25, -0.2) is 4.98 Å². The lowest BCUT2D eigenvalue weighted by Crippen LogP contribution is -2.26. The topological polar surface area (TPSA) is 54.0 Å². The first kappa shape index (κ1) is 14.5. The summed E-state index contributed by atoms with van der Waals surface area (Å²) in [4.78, 5) is 17.4. The second kappa shape index (κ2) is 5.59. The van der Waals surface area contributed by atoms with E-state index in [1.165, 1.54) is 17.0 Å². The molecule has 5 heteroatoms. The molecule has 0 spiro atoms. The van der Waals surface area contributed by atoms with Crippen molar-refractivity contribution in [1.82, 2.24) is 10.3 Å². The van der Waals surface area contributed by atoms with E-state index in [1.807, 2.05) is 0 Å². The summed E-state index contributed by atoms with van der Waals surface area (Å²) in [5.41, 5.74) is 1.53. The van der Waals surface area contributed by atoms with Crippen LogP contribution in [0, 0.1) is 11.3 Å². The minimum Gasteiger partial charge on any atom is -0.311 e. The molecule has 1 unspecified atom stereocenters. The normalized spacial score (nSPS) is 19.1. The number of aryl methyl sites for hydroxylation is 1. The summed E-state index contributed by atoms with van der Waals surface area (Å²) in [5.74, 6) is 0.683. The lowest BCUT2D eigenvalue weighted by molar-refractivity contribution is -0.115. The van der Waals surface area contributed by atoms with Gasteiger partial charge in [-0.3, -0.25) is 4.79 Å². The van der Waals surface area contributed by atoms with Crippen molar-refractivity contribution in [3.05, 3.63) is 10.6 Å². The second-order valence-electron chi connectivity index (χ2n) is 6.27. The molecule has 1 aromatic heterocycles. The number of fused-ring (bicyclic) bond motifs is 1. The summed E-state index contributed by atoms with van der Waals surface area (Å²) in [5, 5.41) is 6.45. The van der Waals surface area contributed by atoms with E-state index in [0.29, 0.717) is 17.9 Å². The number of hydrogen-bond acceptors (Lipinski definition) is 4. The van der Waals surface area contributed by atoms with Crippen LogP contribution in [0.15, 0.2) is 0 Å². The molecule has 106 valence electrons. The van der Waals surface area contributed by atoms with Crippen molar-refractivity contribution < 1.29 is 4.79 Å². The third-order valence-electron chi connectivity index (χ3n) is 3.75. The quantitative estimate of drug-likeness (QED) is 0.895. The number of carbonyl (C=O) groups excluding carboxylic acids is 1. The maximum absolute atomic E-state index is 11.5. The van der Waals surface area contributed by atoms with E-state index in [9.17, 15) is 4.79 Å². The lowest BCUT2D eigenvalue weighted by atomic mass is 9.73. The van der Waals surface area contributed by atoms with E-state index < -0.39 is 0 Å². The van der Waals surface area contributed by atoms with Gasteiger partial charge in [0.05, 0.1) is 12.2 Å². The van der Waals surface area contributed by atoms with Gasteiger partial charge in [0.15, 0.2) is 5.13 Å². The van der Waals surface area contributed by atoms with Gasteiger partial charge in [-0.15, -0.1) is 11.3 Å². The number of likely N-dealkylation sites (N-methyl/N-ethyl adjacent to an activating group) is 1. The average molecular weight is 281 g/mol. The molecule has 0 saturated heterocycles. The van der Waals surface area contributed by atoms with Gasteiger partial charge in [0, 0.05) is 4.88 Å². The van der Waals surface area contributed by atoms with Gasteiger partial charge in [0.25, 0.3) is 0 Å². The van der Waals surface area contributed by atoms with Crippen molar-refractivity contribution in [3.8, 4) is 0 Å². The number of hydrogen-bond donors (Lipinski definition) is 2. The molecule has 2 rings (SSSR count). The van der Waals surface area contributed by atoms with Crippen molar-refractivity contribution in [2.75, 3.05) is 18.9 Å². The van der Waals surface area contributed by atoms with Crippen molar-refractivity contribution in [1.29, 1.82) is 0 Å². The smallest absolute Gasteiger partial charge is 0.240 e. The van der Waals surface area contributed by atoms with E-state index in [2.05, 4.69) is 36.4 Å². The van der Waals surface area contributed by atoms with Crippen LogP contribution in [0.4, 0.5) is 5.13 Å². The highest BCUT2D eigenvalue weighted by Crippen LogP contribution is 2.39. The van der Waals surface area contributed by atoms with E-state index in [0.717, 1.165) is 18.0 Å². The maximum atomic E-state index is 11.5. The summed E-state index contributed by atoms with van der Waals surface area (Å²) < 4.78 is 0. The Hall–Kier alpha value is -0.940. The molecule has 1 heterocycles. The van der Waals surface area contributed by atoms with Crippen LogP contribution >= 0.6 is 11.3 Å². The van der Waals surface area contributed by atoms with Crippen molar-refractivity contribution in [2.45, 2.75) is 40.0 Å². The zero-order chi connectivity index (χ0) is 14.0. The minimum absolute atomic E-state index is 0.0269. The Morgan fingerprint density at radius 2 is 2.21 bits per heavy atom. The molecule has 19 heavy (non-hydrogen) atoms. The fraction of sp³-hybridized carbons (Fsp3) is 0.714. The van der Waals surface area contributed by atoms with Crippen LogP contribution in [-0.4, -0.2) is 24.5 Å². The van der Waals surface area contributed by atoms with Crippen LogP contribution in [0.3, 0.4) is 0 Å². The molecule has 0 bridgehead atoms. The van der Waals surface area contributed by atoms with Crippen LogP contribution in [0.25, 0.3) is 0 Å². The fourth-order valence-electron chi connectivity index (χ4n) is 2.49. The number of rotatable bonds is 3. The zero-order valence-corrected chi connectivity index (χ0v) is 13.0. The summed E-state index contributed by atoms with van der Waals surface area (Å²) in [7, 11) is 1.76. The fourth-order valence-corrected chi connectivity index (χ4v) is 3.60. The second-order valence-corrected chi connectivity index (χ2v) is 7.36. The monoisotopic (exact) mass is 281 g/mol. The third kappa shape index (κ3) is 3.54. The van der Waals surface area contributed by atoms with Crippen molar-refractivity contribution in [2.24, 2.45) is 11.3 Å². The van der Waals surface area contributed by atoms with Gasteiger partial charge in [-0.2, -0.15) is 0 Å². The Bertz CT molecular complexity index is 462. The highest BCUT2D eigenvalue weighted by atomic mass is 32.1. The minimum atomic E-state index is -0.0269. The highest BCUT2D eigenvalue weighted by molar-refractivity contribution is 7.15. The predicted octanol–water partition coefficient (Wildman–Crippen LogP) is 2.45. The molecule has 0 fully saturated rings. The van der Waals surface area contributed by atoms with Crippen LogP contribution in [-0.2, 0) is 17.6 Å². The summed E-state index contributed by atoms with van der Waals surface area (Å²) >= 11 is 1.64. The van der Waals surface area contributed by atoms with Gasteiger partial charge < -0.3 is 10.6 Å². The predicted molar refractivity (Wildman–Crippen MR) is 79.6 cm³/mol. The molecule has 0 saturated carbocycles. The molecule has 1 amide bonds. The first-order chi connectivity index (χ1) is 8.90. The van der Waals surface area contributed by atoms with Crippen molar-refractivity contribution >= 4 is 22.4 Å². The first-order valence-electron chi connectivity index (χ1n) is 6.83. The Labute approximate surface area is 119 Å². The highest BCUT2D eigenvalue weighted by Gasteiger charge is 2.30. The number of carbonyl (C=O) groups is 1.